The first-order valence-corrected chi connectivity index (χ1v) is 33.8. The summed E-state index contributed by atoms with van der Waals surface area (Å²) in [5.41, 5.74) is 14.1. The summed E-state index contributed by atoms with van der Waals surface area (Å²) in [4.78, 5) is 73.7. The number of fused-ring (bicyclic) bond motifs is 18. The van der Waals surface area contributed by atoms with Gasteiger partial charge in [0.25, 0.3) is 0 Å². The molecule has 102 heavy (non-hydrogen) atoms. The molecule has 2 saturated heterocycles. The lowest BCUT2D eigenvalue weighted by Gasteiger charge is -2.60. The van der Waals surface area contributed by atoms with Crippen molar-refractivity contribution in [3.8, 4) is 69.6 Å². The smallest absolute Gasteiger partial charge is 0.504 e. The number of carbonyl (C=O) groups excluding carboxylic acids is 5. The van der Waals surface area contributed by atoms with Crippen LogP contribution in [0.3, 0.4) is 0 Å². The van der Waals surface area contributed by atoms with E-state index in [1.807, 2.05) is 34.0 Å². The Bertz CT molecular complexity index is 4110. The first-order chi connectivity index (χ1) is 48.7. The normalized spacial score (nSPS) is 23.6. The lowest BCUT2D eigenvalue weighted by molar-refractivity contribution is -0.124. The van der Waals surface area contributed by atoms with Crippen LogP contribution >= 0.6 is 0 Å². The zero-order valence-corrected chi connectivity index (χ0v) is 60.0. The van der Waals surface area contributed by atoms with Gasteiger partial charge in [-0.3, -0.25) is 29.2 Å². The number of nitrogens with one attached hydrogen (secondary N) is 3. The number of nitrogens with zero attached hydrogens (tertiary/aromatic N) is 6. The van der Waals surface area contributed by atoms with Crippen LogP contribution < -0.4 is 64.3 Å². The molecule has 4 aromatic carbocycles. The second kappa shape index (κ2) is 29.7. The van der Waals surface area contributed by atoms with Gasteiger partial charge in [-0.15, -0.1) is 0 Å². The van der Waals surface area contributed by atoms with Crippen LogP contribution in [0.25, 0.3) is 0 Å². The average Bonchev–Trinajstić information content (AvgIpc) is 0.892. The minimum atomic E-state index is -0.966. The molecule has 0 spiro atoms. The number of phenols is 1. The van der Waals surface area contributed by atoms with Crippen molar-refractivity contribution in [1.29, 1.82) is 10.5 Å². The number of piperazine rings is 2. The number of aromatic hydroxyl groups is 1. The summed E-state index contributed by atoms with van der Waals surface area (Å²) < 4.78 is 74.9. The second-order valence-electron chi connectivity index (χ2n) is 27.6. The molecule has 8 aliphatic rings. The lowest BCUT2D eigenvalue weighted by atomic mass is 9.71. The van der Waals surface area contributed by atoms with Gasteiger partial charge in [0.1, 0.15) is 48.4 Å². The standard InChI is InChI=1S/C40H51N5O11.C33H39N5O8/c1-11-12-51-39(48)55-33-21(3)34-36(54-19-53-34)30-24(33)15-26-31-29-23(13-20(2)32(50-10)35(29)52-18-49-9)14-25(44(31)8)27(16-41)45(26)28(30)17-42-37(46)22(4)43-38(47)56-40(5,6)7;1-7-8-43-33(41)46-29-16(3)30-31(45-14-44-30)25-19(29)11-21-26-24-18(9-15(2)28(42-6)27(24)39)10-20(37(26)5)22(12-34)38(21)23(25)13-36-32(40)17(4)35/h11,13,22,25-28,31H,1,12,14-15,17-19H2,2-10H3,(H,42,46)(H,43,47);7,9,17,20-23,26,39H,1,8,10-11,13-14,35H2,2-6H3,(H,36,40)/t22-,25-,26?,27-,28-,31-;17-,20-,21?,22-,23-,26-/m00/s1. The number of nitrogens with two attached hydrogens (primary N) is 1. The molecule has 3 amide bonds. The topological polar surface area (TPSA) is 348 Å². The quantitative estimate of drug-likeness (QED) is 0.0216. The van der Waals surface area contributed by atoms with Crippen molar-refractivity contribution >= 4 is 30.2 Å². The third-order valence-corrected chi connectivity index (χ3v) is 20.3. The fourth-order valence-electron chi connectivity index (χ4n) is 16.3. The SMILES string of the molecule is C=CCOC(=O)Oc1c(C)c2c(c3c1CC1[C@H]4c5c(cc(C)c(OC)c5O)C[C@@H]([C@H](C#N)N1[C@H]3CNC(=O)[C@H](C)N)N4C)OCO2.C=CCOC(=O)Oc1c(C)c2c(c3c1CC1[C@H]4c5c(cc(C)c(OC)c5OCOC)C[C@@H]([C@H](C#N)N1[C@H]3CNC(=O)[C@H](C)NC(=O)OC(C)(C)C)N4C)OCO2. The minimum Gasteiger partial charge on any atom is -0.504 e. The third kappa shape index (κ3) is 13.2. The van der Waals surface area contributed by atoms with Crippen molar-refractivity contribution in [2.45, 2.75) is 166 Å². The van der Waals surface area contributed by atoms with E-state index < -0.39 is 78.2 Å². The molecule has 29 heteroatoms. The molecular weight excluding hydrogens is 1320 g/mol. The summed E-state index contributed by atoms with van der Waals surface area (Å²) in [5.74, 6) is 2.92. The maximum Gasteiger partial charge on any atom is 0.514 e. The molecule has 6 N–H and O–H groups in total. The van der Waals surface area contributed by atoms with Gasteiger partial charge in [0.2, 0.25) is 25.4 Å². The Morgan fingerprint density at radius 1 is 0.657 bits per heavy atom. The highest BCUT2D eigenvalue weighted by Gasteiger charge is 2.59. The van der Waals surface area contributed by atoms with Crippen LogP contribution in [0.1, 0.15) is 126 Å². The van der Waals surface area contributed by atoms with Gasteiger partial charge in [-0.25, -0.2) is 14.4 Å². The van der Waals surface area contributed by atoms with Crippen LogP contribution in [0.15, 0.2) is 37.4 Å². The molecule has 29 nitrogen and oxygen atoms in total. The fourth-order valence-corrected chi connectivity index (χ4v) is 16.3. The van der Waals surface area contributed by atoms with Crippen LogP contribution in [-0.2, 0) is 54.2 Å². The molecule has 4 bridgehead atoms. The van der Waals surface area contributed by atoms with Gasteiger partial charge in [0.15, 0.2) is 52.8 Å². The largest absolute Gasteiger partial charge is 0.514 e. The molecule has 0 saturated carbocycles. The molecule has 0 aromatic heterocycles. The Balaban J connectivity index is 0.000000209. The Labute approximate surface area is 592 Å². The number of nitriles is 2. The van der Waals surface area contributed by atoms with Crippen molar-refractivity contribution in [1.82, 2.24) is 35.6 Å². The van der Waals surface area contributed by atoms with E-state index in [0.29, 0.717) is 92.9 Å². The molecule has 8 heterocycles. The van der Waals surface area contributed by atoms with Crippen molar-refractivity contribution in [2.75, 3.05) is 82.1 Å². The predicted molar refractivity (Wildman–Crippen MR) is 366 cm³/mol. The van der Waals surface area contributed by atoms with Gasteiger partial charge >= 0.3 is 18.4 Å². The minimum absolute atomic E-state index is 0.0136. The Hall–Kier alpha value is -9.75. The fraction of sp³-hybridized carbons (Fsp3) is 0.521. The van der Waals surface area contributed by atoms with E-state index in [9.17, 15) is 39.6 Å². The zero-order chi connectivity index (χ0) is 73.7. The molecule has 0 aliphatic carbocycles. The molecule has 12 atom stereocenters. The van der Waals surface area contributed by atoms with Crippen molar-refractivity contribution in [3.05, 3.63) is 104 Å². The summed E-state index contributed by atoms with van der Waals surface area (Å²) in [5, 5.41) is 42.1. The van der Waals surface area contributed by atoms with E-state index in [1.165, 1.54) is 19.3 Å². The third-order valence-electron chi connectivity index (χ3n) is 20.3. The molecule has 546 valence electrons. The van der Waals surface area contributed by atoms with Crippen molar-refractivity contribution < 1.29 is 90.7 Å². The number of amides is 3. The number of aryl methyl sites for hydroxylation is 2. The number of phenolic OH excluding ortho intramolecular Hbond substituents is 1. The summed E-state index contributed by atoms with van der Waals surface area (Å²) >= 11 is 0. The highest BCUT2D eigenvalue weighted by Crippen LogP contribution is 2.61. The van der Waals surface area contributed by atoms with E-state index in [-0.39, 0.29) is 100 Å². The second-order valence-corrected chi connectivity index (χ2v) is 27.6. The molecule has 4 aromatic rings. The summed E-state index contributed by atoms with van der Waals surface area (Å²) in [7, 11) is 8.63. The summed E-state index contributed by atoms with van der Waals surface area (Å²) in [6.45, 7) is 22.8. The van der Waals surface area contributed by atoms with Crippen LogP contribution in [-0.4, -0.2) is 191 Å². The Kier molecular flexibility index (Phi) is 21.4. The first-order valence-electron chi connectivity index (χ1n) is 33.8. The molecule has 12 rings (SSSR count). The predicted octanol–water partition coefficient (Wildman–Crippen LogP) is 7.21. The van der Waals surface area contributed by atoms with Crippen LogP contribution in [0.5, 0.6) is 57.5 Å². The maximum absolute atomic E-state index is 13.7. The van der Waals surface area contributed by atoms with Crippen molar-refractivity contribution in [2.24, 2.45) is 5.73 Å². The molecular formula is C73H90N10O19. The molecule has 8 aliphatic heterocycles. The van der Waals surface area contributed by atoms with Crippen LogP contribution in [0, 0.1) is 50.4 Å². The zero-order valence-electron chi connectivity index (χ0n) is 60.0. The summed E-state index contributed by atoms with van der Waals surface area (Å²) in [6.07, 6.45) is 1.94. The van der Waals surface area contributed by atoms with Gasteiger partial charge in [-0.1, -0.05) is 37.4 Å². The number of ether oxygens (including phenoxy) is 13. The highest BCUT2D eigenvalue weighted by molar-refractivity contribution is 5.85. The van der Waals surface area contributed by atoms with E-state index in [2.05, 4.69) is 66.9 Å². The number of carbonyl (C=O) groups is 5. The molecule has 0 radical (unpaired) electrons. The van der Waals surface area contributed by atoms with E-state index in [4.69, 9.17) is 67.3 Å². The van der Waals surface area contributed by atoms with Crippen LogP contribution in [0.2, 0.25) is 0 Å². The monoisotopic (exact) mass is 1410 g/mol. The van der Waals surface area contributed by atoms with Gasteiger partial charge in [0, 0.05) is 88.9 Å². The van der Waals surface area contributed by atoms with E-state index >= 15 is 0 Å². The van der Waals surface area contributed by atoms with E-state index in [0.717, 1.165) is 33.4 Å². The molecule has 2 unspecified atom stereocenters. The highest BCUT2D eigenvalue weighted by atomic mass is 16.7. The number of benzene rings is 4. The number of methoxy groups -OCH3 is 3. The number of alkyl carbamates (subject to hydrolysis) is 1. The van der Waals surface area contributed by atoms with Gasteiger partial charge < -0.3 is 88.4 Å². The lowest BCUT2D eigenvalue weighted by Crippen LogP contribution is -2.69. The number of hydrogen-bond donors (Lipinski definition) is 5. The first kappa shape index (κ1) is 73.5. The van der Waals surface area contributed by atoms with Crippen LogP contribution in [0.4, 0.5) is 14.4 Å². The molecule has 2 fully saturated rings. The summed E-state index contributed by atoms with van der Waals surface area (Å²) in [6, 6.07) is 2.81. The van der Waals surface area contributed by atoms with Gasteiger partial charge in [0.05, 0.1) is 56.6 Å². The number of rotatable bonds is 18. The average molecular weight is 1410 g/mol. The van der Waals surface area contributed by atoms with E-state index in [1.54, 1.807) is 62.7 Å². The number of likely N-dealkylation sites (N-methyl/N-ethyl adjacent to an activating group) is 2. The number of hydrogen-bond acceptors (Lipinski definition) is 26. The van der Waals surface area contributed by atoms with Gasteiger partial charge in [-0.05, 0) is 124 Å². The maximum atomic E-state index is 13.7. The Morgan fingerprint density at radius 2 is 1.11 bits per heavy atom. The Morgan fingerprint density at radius 3 is 1.55 bits per heavy atom. The van der Waals surface area contributed by atoms with Gasteiger partial charge in [-0.2, -0.15) is 10.5 Å². The van der Waals surface area contributed by atoms with Crippen molar-refractivity contribution in [3.63, 3.8) is 0 Å².